The smallest absolute Gasteiger partial charge is 0.301 e. The normalized spacial score (nSPS) is 17.7. The van der Waals surface area contributed by atoms with Crippen LogP contribution in [-0.2, 0) is 9.59 Å². The molecular weight excluding hydrogens is 436 g/mol. The monoisotopic (exact) mass is 462 g/mol. The molecule has 0 spiro atoms. The molecule has 1 unspecified atom stereocenters. The molecule has 1 atom stereocenters. The number of anilines is 1. The van der Waals surface area contributed by atoms with E-state index in [2.05, 4.69) is 18.8 Å². The highest BCUT2D eigenvalue weighted by Crippen LogP contribution is 2.43. The summed E-state index contributed by atoms with van der Waals surface area (Å²) in [5, 5.41) is 13.4. The van der Waals surface area contributed by atoms with E-state index in [9.17, 15) is 14.7 Å². The molecule has 1 saturated heterocycles. The maximum Gasteiger partial charge on any atom is 0.301 e. The van der Waals surface area contributed by atoms with Crippen molar-refractivity contribution in [2.24, 2.45) is 0 Å². The first kappa shape index (κ1) is 22.7. The molecule has 7 heteroatoms. The van der Waals surface area contributed by atoms with Crippen LogP contribution in [0.5, 0.6) is 5.75 Å². The Morgan fingerprint density at radius 1 is 1.18 bits per heavy atom. The molecule has 170 valence electrons. The zero-order valence-corrected chi connectivity index (χ0v) is 19.6. The quantitative estimate of drug-likeness (QED) is 0.278. The summed E-state index contributed by atoms with van der Waals surface area (Å²) in [6.45, 7) is 6.75. The van der Waals surface area contributed by atoms with Crippen LogP contribution in [0.4, 0.5) is 5.13 Å². The Hall–Kier alpha value is -3.45. The van der Waals surface area contributed by atoms with Gasteiger partial charge in [-0.2, -0.15) is 0 Å². The molecule has 1 amide bonds. The van der Waals surface area contributed by atoms with E-state index in [0.29, 0.717) is 29.0 Å². The SMILES string of the molecule is CCCOc1cccc(/C(O)=C2\C(=O)C(=O)N(c3nccs3)C2c2ccc(C(C)C)cc2)c1. The summed E-state index contributed by atoms with van der Waals surface area (Å²) in [6.07, 6.45) is 2.44. The zero-order valence-electron chi connectivity index (χ0n) is 18.8. The lowest BCUT2D eigenvalue weighted by atomic mass is 9.93. The topological polar surface area (TPSA) is 79.7 Å². The maximum atomic E-state index is 13.2. The average Bonchev–Trinajstić information content (AvgIpc) is 3.44. The fourth-order valence-corrected chi connectivity index (χ4v) is 4.52. The number of ketones is 1. The van der Waals surface area contributed by atoms with Crippen LogP contribution in [0.3, 0.4) is 0 Å². The minimum atomic E-state index is -0.780. The summed E-state index contributed by atoms with van der Waals surface area (Å²) < 4.78 is 5.68. The molecule has 2 heterocycles. The lowest BCUT2D eigenvalue weighted by Gasteiger charge is -2.23. The minimum absolute atomic E-state index is 0.0418. The minimum Gasteiger partial charge on any atom is -0.507 e. The molecule has 1 N–H and O–H groups in total. The number of amides is 1. The highest BCUT2D eigenvalue weighted by Gasteiger charge is 2.48. The van der Waals surface area contributed by atoms with Crippen LogP contribution in [0.25, 0.3) is 5.76 Å². The molecule has 0 radical (unpaired) electrons. The van der Waals surface area contributed by atoms with Gasteiger partial charge in [-0.1, -0.05) is 57.2 Å². The van der Waals surface area contributed by atoms with Crippen molar-refractivity contribution >= 4 is 33.9 Å². The molecule has 6 nitrogen and oxygen atoms in total. The van der Waals surface area contributed by atoms with Gasteiger partial charge in [0.1, 0.15) is 11.5 Å². The van der Waals surface area contributed by atoms with Gasteiger partial charge < -0.3 is 9.84 Å². The molecule has 33 heavy (non-hydrogen) atoms. The Balaban J connectivity index is 1.85. The molecule has 4 rings (SSSR count). The Morgan fingerprint density at radius 3 is 2.58 bits per heavy atom. The van der Waals surface area contributed by atoms with Crippen LogP contribution >= 0.6 is 11.3 Å². The Labute approximate surface area is 197 Å². The van der Waals surface area contributed by atoms with E-state index in [0.717, 1.165) is 17.5 Å². The van der Waals surface area contributed by atoms with Crippen LogP contribution in [0.1, 0.15) is 55.8 Å². The van der Waals surface area contributed by atoms with Gasteiger partial charge >= 0.3 is 5.91 Å². The van der Waals surface area contributed by atoms with Gasteiger partial charge in [0.15, 0.2) is 5.13 Å². The van der Waals surface area contributed by atoms with Gasteiger partial charge in [-0.3, -0.25) is 14.5 Å². The highest BCUT2D eigenvalue weighted by atomic mass is 32.1. The largest absolute Gasteiger partial charge is 0.507 e. The third kappa shape index (κ3) is 4.41. The number of ether oxygens (including phenoxy) is 1. The number of aromatic nitrogens is 1. The van der Waals surface area contributed by atoms with Crippen molar-refractivity contribution in [1.29, 1.82) is 0 Å². The van der Waals surface area contributed by atoms with Gasteiger partial charge in [-0.25, -0.2) is 4.98 Å². The predicted molar refractivity (Wildman–Crippen MR) is 130 cm³/mol. The number of benzene rings is 2. The van der Waals surface area contributed by atoms with E-state index in [1.807, 2.05) is 31.2 Å². The number of rotatable bonds is 7. The number of nitrogens with zero attached hydrogens (tertiary/aromatic N) is 2. The number of carbonyl (C=O) groups excluding carboxylic acids is 2. The van der Waals surface area contributed by atoms with E-state index in [-0.39, 0.29) is 11.3 Å². The first-order valence-electron chi connectivity index (χ1n) is 11.0. The number of hydrogen-bond donors (Lipinski definition) is 1. The van der Waals surface area contributed by atoms with Gasteiger partial charge in [-0.05, 0) is 35.6 Å². The molecule has 1 fully saturated rings. The number of Topliss-reactive ketones (excluding diaryl/α,β-unsaturated/α-hetero) is 1. The molecule has 0 bridgehead atoms. The summed E-state index contributed by atoms with van der Waals surface area (Å²) in [6, 6.07) is 13.9. The van der Waals surface area contributed by atoms with Crippen molar-refractivity contribution in [3.63, 3.8) is 0 Å². The van der Waals surface area contributed by atoms with Gasteiger partial charge in [0.25, 0.3) is 5.78 Å². The van der Waals surface area contributed by atoms with Gasteiger partial charge in [-0.15, -0.1) is 11.3 Å². The Morgan fingerprint density at radius 2 is 1.94 bits per heavy atom. The molecule has 0 saturated carbocycles. The average molecular weight is 463 g/mol. The van der Waals surface area contributed by atoms with Crippen LogP contribution < -0.4 is 9.64 Å². The Bertz CT molecular complexity index is 1180. The van der Waals surface area contributed by atoms with Crippen molar-refractivity contribution < 1.29 is 19.4 Å². The summed E-state index contributed by atoms with van der Waals surface area (Å²) in [5.74, 6) is -0.737. The second-order valence-corrected chi connectivity index (χ2v) is 9.05. The van der Waals surface area contributed by atoms with Gasteiger partial charge in [0.2, 0.25) is 0 Å². The summed E-state index contributed by atoms with van der Waals surface area (Å²) in [7, 11) is 0. The van der Waals surface area contributed by atoms with Crippen LogP contribution in [0, 0.1) is 0 Å². The van der Waals surface area contributed by atoms with E-state index in [1.165, 1.54) is 16.2 Å². The zero-order chi connectivity index (χ0) is 23.5. The third-order valence-corrected chi connectivity index (χ3v) is 6.34. The molecule has 2 aromatic carbocycles. The second-order valence-electron chi connectivity index (χ2n) is 8.18. The molecule has 1 aromatic heterocycles. The van der Waals surface area contributed by atoms with Crippen LogP contribution in [0.15, 0.2) is 65.7 Å². The van der Waals surface area contributed by atoms with E-state index >= 15 is 0 Å². The van der Waals surface area contributed by atoms with E-state index in [4.69, 9.17) is 4.74 Å². The maximum absolute atomic E-state index is 13.2. The number of thiazole rings is 1. The number of aliphatic hydroxyl groups is 1. The number of carbonyl (C=O) groups is 2. The lowest BCUT2D eigenvalue weighted by Crippen LogP contribution is -2.29. The number of hydrogen-bond acceptors (Lipinski definition) is 6. The Kier molecular flexibility index (Phi) is 6.60. The van der Waals surface area contributed by atoms with Crippen LogP contribution in [-0.4, -0.2) is 28.4 Å². The van der Waals surface area contributed by atoms with Gasteiger partial charge in [0, 0.05) is 17.1 Å². The number of aliphatic hydroxyl groups excluding tert-OH is 1. The lowest BCUT2D eigenvalue weighted by molar-refractivity contribution is -0.132. The van der Waals surface area contributed by atoms with E-state index < -0.39 is 17.7 Å². The predicted octanol–water partition coefficient (Wildman–Crippen LogP) is 5.68. The first-order chi connectivity index (χ1) is 15.9. The van der Waals surface area contributed by atoms with Crippen molar-refractivity contribution in [2.45, 2.75) is 39.2 Å². The molecular formula is C26H26N2O4S. The second kappa shape index (κ2) is 9.58. The fourth-order valence-electron chi connectivity index (χ4n) is 3.85. The standard InChI is InChI=1S/C26H26N2O4S/c1-4-13-32-20-7-5-6-19(15-20)23(29)21-22(18-10-8-17(9-11-18)16(2)3)28(25(31)24(21)30)26-27-12-14-33-26/h5-12,14-16,22,29H,4,13H2,1-3H3/b23-21+. The van der Waals surface area contributed by atoms with Crippen molar-refractivity contribution in [2.75, 3.05) is 11.5 Å². The van der Waals surface area contributed by atoms with Gasteiger partial charge in [0.05, 0.1) is 18.2 Å². The molecule has 1 aliphatic rings. The van der Waals surface area contributed by atoms with Crippen molar-refractivity contribution in [3.8, 4) is 5.75 Å². The first-order valence-corrected chi connectivity index (χ1v) is 11.8. The molecule has 3 aromatic rings. The van der Waals surface area contributed by atoms with Crippen molar-refractivity contribution in [1.82, 2.24) is 4.98 Å². The summed E-state index contributed by atoms with van der Waals surface area (Å²) in [4.78, 5) is 31.9. The highest BCUT2D eigenvalue weighted by molar-refractivity contribution is 7.14. The van der Waals surface area contributed by atoms with Crippen molar-refractivity contribution in [3.05, 3.63) is 82.4 Å². The summed E-state index contributed by atoms with van der Waals surface area (Å²) in [5.41, 5.74) is 2.34. The molecule has 0 aliphatic carbocycles. The molecule has 1 aliphatic heterocycles. The third-order valence-electron chi connectivity index (χ3n) is 5.57. The fraction of sp³-hybridized carbons (Fsp3) is 0.269. The summed E-state index contributed by atoms with van der Waals surface area (Å²) >= 11 is 1.27. The van der Waals surface area contributed by atoms with Crippen LogP contribution in [0.2, 0.25) is 0 Å². The van der Waals surface area contributed by atoms with E-state index in [1.54, 1.807) is 35.8 Å².